The molecule has 0 bridgehead atoms. The molecule has 19 heavy (non-hydrogen) atoms. The van der Waals surface area contributed by atoms with Gasteiger partial charge in [-0.3, -0.25) is 9.59 Å². The van der Waals surface area contributed by atoms with E-state index < -0.39 is 5.54 Å². The zero-order valence-corrected chi connectivity index (χ0v) is 11.8. The van der Waals surface area contributed by atoms with Gasteiger partial charge in [-0.2, -0.15) is 0 Å². The fourth-order valence-corrected chi connectivity index (χ4v) is 2.51. The van der Waals surface area contributed by atoms with Crippen molar-refractivity contribution in [3.05, 3.63) is 29.3 Å². The van der Waals surface area contributed by atoms with Gasteiger partial charge in [0.2, 0.25) is 0 Å². The summed E-state index contributed by atoms with van der Waals surface area (Å²) in [5, 5.41) is 0. The van der Waals surface area contributed by atoms with Crippen LogP contribution in [0, 0.1) is 6.92 Å². The van der Waals surface area contributed by atoms with Gasteiger partial charge in [0.05, 0.1) is 19.2 Å². The molecule has 1 fully saturated rings. The molecule has 0 aliphatic carbocycles. The maximum atomic E-state index is 12.6. The molecule has 0 N–H and O–H groups in total. The van der Waals surface area contributed by atoms with Crippen LogP contribution in [0.15, 0.2) is 18.2 Å². The fraction of sp³-hybridized carbons (Fsp3) is 0.467. The molecule has 1 aromatic rings. The van der Waals surface area contributed by atoms with Gasteiger partial charge in [0.25, 0.3) is 5.91 Å². The van der Waals surface area contributed by atoms with Crippen LogP contribution in [-0.4, -0.2) is 35.8 Å². The van der Waals surface area contributed by atoms with Gasteiger partial charge in [-0.1, -0.05) is 11.6 Å². The van der Waals surface area contributed by atoms with Crippen molar-refractivity contribution in [3.8, 4) is 5.75 Å². The monoisotopic (exact) mass is 261 g/mol. The Balaban J connectivity index is 2.39. The normalized spacial score (nSPS) is 17.7. The molecule has 102 valence electrons. The van der Waals surface area contributed by atoms with Crippen LogP contribution in [-0.2, 0) is 4.79 Å². The van der Waals surface area contributed by atoms with Gasteiger partial charge in [0.15, 0.2) is 5.78 Å². The van der Waals surface area contributed by atoms with Crippen LogP contribution in [0.5, 0.6) is 5.75 Å². The maximum Gasteiger partial charge on any atom is 0.258 e. The van der Waals surface area contributed by atoms with Crippen LogP contribution < -0.4 is 4.74 Å². The highest BCUT2D eigenvalue weighted by Crippen LogP contribution is 2.30. The van der Waals surface area contributed by atoms with Gasteiger partial charge in [-0.05, 0) is 32.9 Å². The number of nitrogens with zero attached hydrogens (tertiary/aromatic N) is 1. The minimum atomic E-state index is -0.428. The van der Waals surface area contributed by atoms with Crippen LogP contribution in [0.4, 0.5) is 0 Å². The number of carbonyl (C=O) groups is 2. The van der Waals surface area contributed by atoms with Crippen LogP contribution in [0.25, 0.3) is 0 Å². The molecule has 1 saturated heterocycles. The molecule has 1 aliphatic rings. The summed E-state index contributed by atoms with van der Waals surface area (Å²) in [5.41, 5.74) is 1.08. The predicted octanol–water partition coefficient (Wildman–Crippen LogP) is 2.20. The highest BCUT2D eigenvalue weighted by molar-refractivity contribution is 6.01. The average Bonchev–Trinajstić information content (AvgIpc) is 2.61. The van der Waals surface area contributed by atoms with E-state index in [4.69, 9.17) is 4.74 Å². The Morgan fingerprint density at radius 3 is 2.58 bits per heavy atom. The first-order valence-corrected chi connectivity index (χ1v) is 6.33. The Labute approximate surface area is 113 Å². The summed E-state index contributed by atoms with van der Waals surface area (Å²) in [6.45, 7) is 5.94. The molecule has 0 aromatic heterocycles. The lowest BCUT2D eigenvalue weighted by molar-refractivity contribution is -0.116. The third-order valence-corrected chi connectivity index (χ3v) is 3.53. The molecule has 1 heterocycles. The summed E-state index contributed by atoms with van der Waals surface area (Å²) in [6.07, 6.45) is 0.410. The lowest BCUT2D eigenvalue weighted by atomic mass is 10.0. The Morgan fingerprint density at radius 1 is 1.37 bits per heavy atom. The highest BCUT2D eigenvalue weighted by Gasteiger charge is 2.41. The summed E-state index contributed by atoms with van der Waals surface area (Å²) in [4.78, 5) is 25.9. The summed E-state index contributed by atoms with van der Waals surface area (Å²) in [7, 11) is 1.54. The number of aryl methyl sites for hydroxylation is 1. The number of likely N-dealkylation sites (tertiary alicyclic amines) is 1. The third kappa shape index (κ3) is 2.48. The largest absolute Gasteiger partial charge is 0.496 e. The van der Waals surface area contributed by atoms with Crippen LogP contribution in [0.1, 0.15) is 36.2 Å². The molecule has 0 unspecified atom stereocenters. The Hall–Kier alpha value is -1.84. The number of hydrogen-bond donors (Lipinski definition) is 0. The van der Waals surface area contributed by atoms with Gasteiger partial charge >= 0.3 is 0 Å². The van der Waals surface area contributed by atoms with E-state index in [1.807, 2.05) is 26.8 Å². The van der Waals surface area contributed by atoms with E-state index >= 15 is 0 Å². The number of amides is 1. The molecule has 0 atom stereocenters. The first-order chi connectivity index (χ1) is 8.85. The molecule has 1 aromatic carbocycles. The van der Waals surface area contributed by atoms with E-state index in [9.17, 15) is 9.59 Å². The van der Waals surface area contributed by atoms with E-state index in [0.717, 1.165) is 5.56 Å². The van der Waals surface area contributed by atoms with E-state index in [0.29, 0.717) is 17.7 Å². The number of Topliss-reactive ketones (excluding diaryl/α,β-unsaturated/α-hetero) is 1. The number of ether oxygens (including phenoxy) is 1. The number of rotatable bonds is 2. The first-order valence-electron chi connectivity index (χ1n) is 6.33. The molecular formula is C15H19NO3. The summed E-state index contributed by atoms with van der Waals surface area (Å²) in [5.74, 6) is 0.507. The molecule has 1 amide bonds. The van der Waals surface area contributed by atoms with E-state index in [1.54, 1.807) is 24.1 Å². The van der Waals surface area contributed by atoms with Crippen molar-refractivity contribution in [1.82, 2.24) is 4.90 Å². The van der Waals surface area contributed by atoms with Crippen molar-refractivity contribution < 1.29 is 14.3 Å². The predicted molar refractivity (Wildman–Crippen MR) is 72.5 cm³/mol. The second-order valence-corrected chi connectivity index (χ2v) is 5.62. The van der Waals surface area contributed by atoms with Crippen molar-refractivity contribution in [2.45, 2.75) is 32.7 Å². The van der Waals surface area contributed by atoms with E-state index in [2.05, 4.69) is 0 Å². The maximum absolute atomic E-state index is 12.6. The quantitative estimate of drug-likeness (QED) is 0.820. The smallest absolute Gasteiger partial charge is 0.258 e. The minimum absolute atomic E-state index is 0.102. The minimum Gasteiger partial charge on any atom is -0.496 e. The zero-order chi connectivity index (χ0) is 14.2. The van der Waals surface area contributed by atoms with Crippen molar-refractivity contribution in [2.75, 3.05) is 13.7 Å². The number of methoxy groups -OCH3 is 1. The fourth-order valence-electron chi connectivity index (χ4n) is 2.51. The highest BCUT2D eigenvalue weighted by atomic mass is 16.5. The number of ketones is 1. The molecule has 4 heteroatoms. The standard InChI is InChI=1S/C15H19NO3/c1-10-5-6-13(19-4)12(7-10)14(18)16-9-11(17)8-15(16,2)3/h5-7H,8-9H2,1-4H3. The summed E-state index contributed by atoms with van der Waals surface area (Å²) < 4.78 is 5.24. The summed E-state index contributed by atoms with van der Waals surface area (Å²) >= 11 is 0. The second kappa shape index (κ2) is 4.68. The van der Waals surface area contributed by atoms with E-state index in [-0.39, 0.29) is 18.2 Å². The number of carbonyl (C=O) groups excluding carboxylic acids is 2. The van der Waals surface area contributed by atoms with Gasteiger partial charge in [0.1, 0.15) is 5.75 Å². The van der Waals surface area contributed by atoms with Crippen LogP contribution >= 0.6 is 0 Å². The molecule has 0 saturated carbocycles. The summed E-state index contributed by atoms with van der Waals surface area (Å²) in [6, 6.07) is 5.49. The first kappa shape index (κ1) is 13.6. The SMILES string of the molecule is COc1ccc(C)cc1C(=O)N1CC(=O)CC1(C)C. The second-order valence-electron chi connectivity index (χ2n) is 5.62. The molecule has 0 radical (unpaired) electrons. The number of hydrogen-bond acceptors (Lipinski definition) is 3. The lowest BCUT2D eigenvalue weighted by Crippen LogP contribution is -2.42. The topological polar surface area (TPSA) is 46.6 Å². The Bertz CT molecular complexity index is 534. The molecular weight excluding hydrogens is 242 g/mol. The van der Waals surface area contributed by atoms with Gasteiger partial charge in [-0.15, -0.1) is 0 Å². The van der Waals surface area contributed by atoms with Crippen molar-refractivity contribution >= 4 is 11.7 Å². The van der Waals surface area contributed by atoms with E-state index in [1.165, 1.54) is 0 Å². The van der Waals surface area contributed by atoms with Crippen molar-refractivity contribution in [1.29, 1.82) is 0 Å². The van der Waals surface area contributed by atoms with Crippen LogP contribution in [0.2, 0.25) is 0 Å². The molecule has 4 nitrogen and oxygen atoms in total. The van der Waals surface area contributed by atoms with Gasteiger partial charge in [-0.25, -0.2) is 0 Å². The third-order valence-electron chi connectivity index (χ3n) is 3.53. The molecule has 0 spiro atoms. The Morgan fingerprint density at radius 2 is 2.05 bits per heavy atom. The van der Waals surface area contributed by atoms with Gasteiger partial charge in [0, 0.05) is 12.0 Å². The average molecular weight is 261 g/mol. The van der Waals surface area contributed by atoms with Crippen LogP contribution in [0.3, 0.4) is 0 Å². The van der Waals surface area contributed by atoms with Crippen molar-refractivity contribution in [2.24, 2.45) is 0 Å². The van der Waals surface area contributed by atoms with Gasteiger partial charge < -0.3 is 9.64 Å². The zero-order valence-electron chi connectivity index (χ0n) is 11.8. The van der Waals surface area contributed by atoms with Crippen molar-refractivity contribution in [3.63, 3.8) is 0 Å². The Kier molecular flexibility index (Phi) is 3.35. The molecule has 1 aliphatic heterocycles. The number of benzene rings is 1. The lowest BCUT2D eigenvalue weighted by Gasteiger charge is -2.31. The molecule has 2 rings (SSSR count).